The summed E-state index contributed by atoms with van der Waals surface area (Å²) in [7, 11) is 3.35. The lowest BCUT2D eigenvalue weighted by atomic mass is 9.95. The second kappa shape index (κ2) is 8.59. The SMILES string of the molecule is COc1cc(-c2c3c4c(ncnc4n2C)NCc2cc(Oc4cccc(C)n4)ccc2-3)ccc1[N+](=O)[O-]. The Bertz CT molecular complexity index is 1710. The molecule has 0 saturated heterocycles. The molecule has 0 fully saturated rings. The van der Waals surface area contributed by atoms with Gasteiger partial charge in [0.15, 0.2) is 5.75 Å². The molecule has 1 aliphatic rings. The first-order valence-corrected chi connectivity index (χ1v) is 11.6. The monoisotopic (exact) mass is 494 g/mol. The molecule has 0 amide bonds. The molecule has 184 valence electrons. The molecular weight excluding hydrogens is 472 g/mol. The zero-order valence-corrected chi connectivity index (χ0v) is 20.3. The van der Waals surface area contributed by atoms with E-state index in [2.05, 4.69) is 20.3 Å². The molecule has 0 unspecified atom stereocenters. The number of benzene rings is 2. The van der Waals surface area contributed by atoms with Gasteiger partial charge in [0.25, 0.3) is 0 Å². The van der Waals surface area contributed by atoms with Crippen LogP contribution in [0.4, 0.5) is 11.5 Å². The summed E-state index contributed by atoms with van der Waals surface area (Å²) in [6, 6.07) is 16.5. The van der Waals surface area contributed by atoms with Gasteiger partial charge in [-0.15, -0.1) is 0 Å². The van der Waals surface area contributed by atoms with Crippen LogP contribution in [0.5, 0.6) is 17.4 Å². The average Bonchev–Trinajstić information content (AvgIpc) is 3.09. The first-order valence-electron chi connectivity index (χ1n) is 11.6. The van der Waals surface area contributed by atoms with Gasteiger partial charge < -0.3 is 19.4 Å². The summed E-state index contributed by atoms with van der Waals surface area (Å²) in [6.07, 6.45) is 1.53. The Balaban J connectivity index is 1.55. The lowest BCUT2D eigenvalue weighted by Crippen LogP contribution is -2.03. The van der Waals surface area contributed by atoms with Crippen LogP contribution in [-0.2, 0) is 13.6 Å². The zero-order valence-electron chi connectivity index (χ0n) is 20.3. The van der Waals surface area contributed by atoms with Gasteiger partial charge in [-0.2, -0.15) is 0 Å². The van der Waals surface area contributed by atoms with Crippen LogP contribution in [0.15, 0.2) is 60.9 Å². The Morgan fingerprint density at radius 2 is 1.97 bits per heavy atom. The molecular formula is C27H22N6O4. The molecule has 0 aliphatic carbocycles. The predicted octanol–water partition coefficient (Wildman–Crippen LogP) is 5.64. The number of ether oxygens (including phenoxy) is 2. The first-order chi connectivity index (χ1) is 17.9. The van der Waals surface area contributed by atoms with Crippen molar-refractivity contribution in [2.24, 2.45) is 7.05 Å². The minimum atomic E-state index is -0.452. The maximum atomic E-state index is 11.5. The summed E-state index contributed by atoms with van der Waals surface area (Å²) in [5.41, 5.74) is 6.07. The van der Waals surface area contributed by atoms with Gasteiger partial charge in [0.2, 0.25) is 5.88 Å². The van der Waals surface area contributed by atoms with E-state index in [1.165, 1.54) is 19.5 Å². The second-order valence-electron chi connectivity index (χ2n) is 8.74. The predicted molar refractivity (Wildman–Crippen MR) is 139 cm³/mol. The summed E-state index contributed by atoms with van der Waals surface area (Å²) >= 11 is 0. The van der Waals surface area contributed by atoms with Gasteiger partial charge in [0, 0.05) is 42.5 Å². The fourth-order valence-corrected chi connectivity index (χ4v) is 4.86. The smallest absolute Gasteiger partial charge is 0.310 e. The number of aryl methyl sites for hydroxylation is 2. The number of nitrogens with zero attached hydrogens (tertiary/aromatic N) is 5. The number of methoxy groups -OCH3 is 1. The van der Waals surface area contributed by atoms with Gasteiger partial charge in [0.1, 0.15) is 23.5 Å². The third kappa shape index (κ3) is 3.70. The Hall–Kier alpha value is -4.99. The van der Waals surface area contributed by atoms with E-state index in [0.29, 0.717) is 18.2 Å². The van der Waals surface area contributed by atoms with E-state index in [1.54, 1.807) is 12.1 Å². The number of rotatable bonds is 5. The number of nitro benzene ring substituents is 1. The van der Waals surface area contributed by atoms with Crippen molar-refractivity contribution in [3.05, 3.63) is 82.3 Å². The number of fused-ring (bicyclic) bond motifs is 2. The highest BCUT2D eigenvalue weighted by Gasteiger charge is 2.28. The van der Waals surface area contributed by atoms with Gasteiger partial charge in [-0.1, -0.05) is 12.1 Å². The van der Waals surface area contributed by atoms with Crippen LogP contribution in [0.2, 0.25) is 0 Å². The normalized spacial score (nSPS) is 12.0. The number of hydrogen-bond donors (Lipinski definition) is 1. The molecule has 10 nitrogen and oxygen atoms in total. The molecule has 0 bridgehead atoms. The van der Waals surface area contributed by atoms with Crippen LogP contribution in [0, 0.1) is 17.0 Å². The molecule has 0 saturated carbocycles. The Morgan fingerprint density at radius 3 is 2.76 bits per heavy atom. The fourth-order valence-electron chi connectivity index (χ4n) is 4.86. The third-order valence-electron chi connectivity index (χ3n) is 6.49. The van der Waals surface area contributed by atoms with Crippen molar-refractivity contribution in [3.8, 4) is 39.8 Å². The van der Waals surface area contributed by atoms with Crippen molar-refractivity contribution in [1.82, 2.24) is 19.5 Å². The molecule has 1 aliphatic heterocycles. The molecule has 10 heteroatoms. The van der Waals surface area contributed by atoms with Crippen LogP contribution in [0.1, 0.15) is 11.3 Å². The summed E-state index contributed by atoms with van der Waals surface area (Å²) < 4.78 is 13.4. The average molecular weight is 495 g/mol. The minimum absolute atomic E-state index is 0.0926. The largest absolute Gasteiger partial charge is 0.490 e. The van der Waals surface area contributed by atoms with E-state index in [9.17, 15) is 10.1 Å². The van der Waals surface area contributed by atoms with E-state index in [0.717, 1.165) is 50.5 Å². The van der Waals surface area contributed by atoms with Crippen molar-refractivity contribution in [3.63, 3.8) is 0 Å². The van der Waals surface area contributed by atoms with E-state index in [1.807, 2.05) is 54.9 Å². The van der Waals surface area contributed by atoms with Crippen molar-refractivity contribution in [2.75, 3.05) is 12.4 Å². The molecule has 1 N–H and O–H groups in total. The maximum Gasteiger partial charge on any atom is 0.310 e. The van der Waals surface area contributed by atoms with Gasteiger partial charge >= 0.3 is 5.69 Å². The number of hydrogen-bond acceptors (Lipinski definition) is 8. The van der Waals surface area contributed by atoms with Crippen LogP contribution in [0.3, 0.4) is 0 Å². The molecule has 3 aromatic heterocycles. The van der Waals surface area contributed by atoms with Crippen molar-refractivity contribution >= 4 is 22.5 Å². The molecule has 0 atom stereocenters. The Kier molecular flexibility index (Phi) is 5.22. The van der Waals surface area contributed by atoms with Gasteiger partial charge in [0.05, 0.1) is 23.1 Å². The molecule has 4 heterocycles. The first kappa shape index (κ1) is 22.5. The standard InChI is InChI=1S/C27H22N6O4/c1-15-5-4-6-22(31-15)37-18-8-9-19-17(11-18)13-28-26-24-23(19)25(32(2)27(24)30-14-29-26)16-7-10-20(33(34)35)21(12-16)36-3/h4-12,14H,13H2,1-3H3,(H,28,29,30). The van der Waals surface area contributed by atoms with Crippen LogP contribution >= 0.6 is 0 Å². The molecule has 6 rings (SSSR count). The van der Waals surface area contributed by atoms with Crippen LogP contribution in [-0.4, -0.2) is 31.6 Å². The minimum Gasteiger partial charge on any atom is -0.490 e. The summed E-state index contributed by atoms with van der Waals surface area (Å²) in [5, 5.41) is 15.8. The van der Waals surface area contributed by atoms with Gasteiger partial charge in [-0.25, -0.2) is 15.0 Å². The molecule has 0 radical (unpaired) electrons. The van der Waals surface area contributed by atoms with Gasteiger partial charge in [-0.3, -0.25) is 10.1 Å². The second-order valence-corrected chi connectivity index (χ2v) is 8.74. The highest BCUT2D eigenvalue weighted by atomic mass is 16.6. The van der Waals surface area contributed by atoms with Gasteiger partial charge in [-0.05, 0) is 48.4 Å². The number of nitro groups is 1. The maximum absolute atomic E-state index is 11.5. The van der Waals surface area contributed by atoms with E-state index in [4.69, 9.17) is 9.47 Å². The molecule has 37 heavy (non-hydrogen) atoms. The molecule has 2 aromatic carbocycles. The highest BCUT2D eigenvalue weighted by Crippen LogP contribution is 2.47. The summed E-state index contributed by atoms with van der Waals surface area (Å²) in [6.45, 7) is 2.45. The summed E-state index contributed by atoms with van der Waals surface area (Å²) in [5.74, 6) is 2.10. The number of anilines is 1. The number of aromatic nitrogens is 4. The number of nitrogens with one attached hydrogen (secondary N) is 1. The quantitative estimate of drug-likeness (QED) is 0.246. The Morgan fingerprint density at radius 1 is 1.11 bits per heavy atom. The lowest BCUT2D eigenvalue weighted by molar-refractivity contribution is -0.385. The molecule has 5 aromatic rings. The zero-order chi connectivity index (χ0) is 25.7. The topological polar surface area (TPSA) is 117 Å². The van der Waals surface area contributed by atoms with Crippen molar-refractivity contribution in [1.29, 1.82) is 0 Å². The van der Waals surface area contributed by atoms with Crippen LogP contribution in [0.25, 0.3) is 33.4 Å². The van der Waals surface area contributed by atoms with Crippen LogP contribution < -0.4 is 14.8 Å². The number of pyridine rings is 1. The van der Waals surface area contributed by atoms with Crippen molar-refractivity contribution in [2.45, 2.75) is 13.5 Å². The Labute approximate surface area is 211 Å². The molecule has 0 spiro atoms. The van der Waals surface area contributed by atoms with E-state index < -0.39 is 4.92 Å². The van der Waals surface area contributed by atoms with E-state index >= 15 is 0 Å². The fraction of sp³-hybridized carbons (Fsp3) is 0.148. The van der Waals surface area contributed by atoms with Crippen molar-refractivity contribution < 1.29 is 14.4 Å². The summed E-state index contributed by atoms with van der Waals surface area (Å²) in [4.78, 5) is 24.5. The highest BCUT2D eigenvalue weighted by molar-refractivity contribution is 6.09. The van der Waals surface area contributed by atoms with E-state index in [-0.39, 0.29) is 11.4 Å². The lowest BCUT2D eigenvalue weighted by Gasteiger charge is -2.14. The third-order valence-corrected chi connectivity index (χ3v) is 6.49.